The van der Waals surface area contributed by atoms with Crippen molar-refractivity contribution in [2.75, 3.05) is 24.4 Å². The summed E-state index contributed by atoms with van der Waals surface area (Å²) >= 11 is 1.53. The van der Waals surface area contributed by atoms with Gasteiger partial charge in [-0.1, -0.05) is 6.07 Å². The summed E-state index contributed by atoms with van der Waals surface area (Å²) in [4.78, 5) is 36.5. The molecule has 27 heavy (non-hydrogen) atoms. The van der Waals surface area contributed by atoms with Gasteiger partial charge >= 0.3 is 0 Å². The number of carbonyl (C=O) groups is 2. The van der Waals surface area contributed by atoms with Gasteiger partial charge in [-0.25, -0.2) is 9.97 Å². The summed E-state index contributed by atoms with van der Waals surface area (Å²) in [5.74, 6) is 0.166. The van der Waals surface area contributed by atoms with Crippen LogP contribution in [0.1, 0.15) is 6.92 Å². The summed E-state index contributed by atoms with van der Waals surface area (Å²) in [6.07, 6.45) is 1.31. The zero-order valence-corrected chi connectivity index (χ0v) is 15.9. The molecule has 1 N–H and O–H groups in total. The number of hydrogen-bond donors (Lipinski definition) is 1. The van der Waals surface area contributed by atoms with Gasteiger partial charge < -0.3 is 4.90 Å². The number of benzene rings is 1. The smallest absolute Gasteiger partial charge is 0.275 e. The molecule has 1 aliphatic rings. The number of fused-ring (bicyclic) bond motifs is 1. The van der Waals surface area contributed by atoms with E-state index in [0.29, 0.717) is 17.2 Å². The Morgan fingerprint density at radius 1 is 1.15 bits per heavy atom. The lowest BCUT2D eigenvalue weighted by atomic mass is 10.2. The highest BCUT2D eigenvalue weighted by Gasteiger charge is 2.29. The largest absolute Gasteiger partial charge is 0.378 e. The first-order valence-corrected chi connectivity index (χ1v) is 9.18. The average molecular weight is 379 g/mol. The van der Waals surface area contributed by atoms with Crippen LogP contribution < -0.4 is 10.3 Å². The van der Waals surface area contributed by atoms with Crippen molar-refractivity contribution in [1.29, 1.82) is 0 Å². The molecule has 0 saturated carbocycles. The molecule has 3 heterocycles. The summed E-state index contributed by atoms with van der Waals surface area (Å²) in [5, 5.41) is 3.66. The fourth-order valence-corrected chi connectivity index (χ4v) is 3.45. The maximum absolute atomic E-state index is 12.2. The topological polar surface area (TPSA) is 78.4 Å². The number of nitrogens with one attached hydrogen (secondary N) is 1. The average Bonchev–Trinajstić information content (AvgIpc) is 3.26. The summed E-state index contributed by atoms with van der Waals surface area (Å²) in [6.45, 7) is 1.61. The Morgan fingerprint density at radius 2 is 1.96 bits per heavy atom. The van der Waals surface area contributed by atoms with Crippen LogP contribution in [0.25, 0.3) is 21.6 Å². The zero-order chi connectivity index (χ0) is 19.1. The Bertz CT molecular complexity index is 1090. The fourth-order valence-electron chi connectivity index (χ4n) is 2.80. The van der Waals surface area contributed by atoms with Gasteiger partial charge in [0.15, 0.2) is 11.6 Å². The fraction of sp³-hybridized carbons (Fsp3) is 0.158. The van der Waals surface area contributed by atoms with Gasteiger partial charge in [0.2, 0.25) is 0 Å². The lowest BCUT2D eigenvalue weighted by molar-refractivity contribution is -0.135. The van der Waals surface area contributed by atoms with E-state index in [4.69, 9.17) is 0 Å². The molecule has 2 aromatic heterocycles. The van der Waals surface area contributed by atoms with E-state index >= 15 is 0 Å². The molecule has 136 valence electrons. The van der Waals surface area contributed by atoms with Gasteiger partial charge in [0.05, 0.1) is 10.4 Å². The van der Waals surface area contributed by atoms with Crippen molar-refractivity contribution in [1.82, 2.24) is 15.0 Å². The highest BCUT2D eigenvalue weighted by atomic mass is 32.1. The summed E-state index contributed by atoms with van der Waals surface area (Å²) < 4.78 is 0. The van der Waals surface area contributed by atoms with E-state index in [-0.39, 0.29) is 5.91 Å². The Hall–Kier alpha value is -3.26. The second-order valence-electron chi connectivity index (χ2n) is 6.39. The van der Waals surface area contributed by atoms with Gasteiger partial charge in [0.25, 0.3) is 11.8 Å². The minimum atomic E-state index is -0.410. The molecule has 0 aliphatic carbocycles. The number of imide groups is 1. The number of nitrogens with zero attached hydrogens (tertiary/aromatic N) is 4. The normalized spacial score (nSPS) is 14.0. The van der Waals surface area contributed by atoms with Crippen molar-refractivity contribution in [2.45, 2.75) is 6.92 Å². The molecular weight excluding hydrogens is 362 g/mol. The molecule has 8 heteroatoms. The second-order valence-corrected chi connectivity index (χ2v) is 7.33. The maximum Gasteiger partial charge on any atom is 0.275 e. The van der Waals surface area contributed by atoms with Crippen LogP contribution in [0.15, 0.2) is 47.4 Å². The first kappa shape index (κ1) is 17.2. The van der Waals surface area contributed by atoms with Crippen LogP contribution in [-0.4, -0.2) is 40.9 Å². The number of hydrogen-bond acceptors (Lipinski definition) is 7. The van der Waals surface area contributed by atoms with Crippen molar-refractivity contribution in [2.24, 2.45) is 0 Å². The monoisotopic (exact) mass is 379 g/mol. The third-order valence-electron chi connectivity index (χ3n) is 4.26. The Kier molecular flexibility index (Phi) is 4.12. The van der Waals surface area contributed by atoms with Crippen LogP contribution in [0.4, 0.5) is 11.5 Å². The molecule has 0 saturated heterocycles. The van der Waals surface area contributed by atoms with E-state index in [0.717, 1.165) is 26.5 Å². The highest BCUT2D eigenvalue weighted by molar-refractivity contribution is 7.13. The van der Waals surface area contributed by atoms with Crippen molar-refractivity contribution in [3.8, 4) is 10.7 Å². The van der Waals surface area contributed by atoms with Crippen LogP contribution in [-0.2, 0) is 9.59 Å². The standard InChI is InChI=1S/C19H17N5O2S/c1-11-9-16(25)24(19(11)26)22-17-13-7-6-12(23(2)3)10-14(13)20-18(21-17)15-5-4-8-27-15/h4-10H,1-3H3,(H,20,21,22). The molecule has 1 aliphatic heterocycles. The molecule has 0 radical (unpaired) electrons. The van der Waals surface area contributed by atoms with E-state index in [1.54, 1.807) is 6.92 Å². The van der Waals surface area contributed by atoms with E-state index in [1.165, 1.54) is 17.4 Å². The van der Waals surface area contributed by atoms with E-state index < -0.39 is 5.91 Å². The van der Waals surface area contributed by atoms with Crippen molar-refractivity contribution in [3.05, 3.63) is 47.4 Å². The molecule has 4 rings (SSSR count). The lowest BCUT2D eigenvalue weighted by Gasteiger charge is -2.19. The predicted octanol–water partition coefficient (Wildman–Crippen LogP) is 3.07. The van der Waals surface area contributed by atoms with Gasteiger partial charge in [-0.2, -0.15) is 5.01 Å². The number of rotatable bonds is 4. The van der Waals surface area contributed by atoms with Crippen molar-refractivity contribution < 1.29 is 9.59 Å². The van der Waals surface area contributed by atoms with Crippen LogP contribution in [0.5, 0.6) is 0 Å². The Morgan fingerprint density at radius 3 is 2.59 bits per heavy atom. The summed E-state index contributed by atoms with van der Waals surface area (Å²) in [7, 11) is 3.91. The minimum absolute atomic E-state index is 0.380. The lowest BCUT2D eigenvalue weighted by Crippen LogP contribution is -2.36. The van der Waals surface area contributed by atoms with Gasteiger partial charge in [-0.15, -0.1) is 11.3 Å². The Labute approximate surface area is 159 Å². The first-order chi connectivity index (χ1) is 12.9. The molecular formula is C19H17N5O2S. The number of hydrazine groups is 1. The number of thiophene rings is 1. The van der Waals surface area contributed by atoms with Crippen molar-refractivity contribution in [3.63, 3.8) is 0 Å². The van der Waals surface area contributed by atoms with E-state index in [9.17, 15) is 9.59 Å². The van der Waals surface area contributed by atoms with Crippen LogP contribution in [0.2, 0.25) is 0 Å². The van der Waals surface area contributed by atoms with Gasteiger partial charge in [0, 0.05) is 36.8 Å². The summed E-state index contributed by atoms with van der Waals surface area (Å²) in [6, 6.07) is 9.65. The number of anilines is 2. The molecule has 0 atom stereocenters. The number of aromatic nitrogens is 2. The third kappa shape index (κ3) is 3.04. The molecule has 0 spiro atoms. The van der Waals surface area contributed by atoms with Crippen LogP contribution >= 0.6 is 11.3 Å². The van der Waals surface area contributed by atoms with Gasteiger partial charge in [0.1, 0.15) is 0 Å². The third-order valence-corrected chi connectivity index (χ3v) is 5.12. The number of carbonyl (C=O) groups excluding carboxylic acids is 2. The molecule has 0 fully saturated rings. The Balaban J connectivity index is 1.85. The summed E-state index contributed by atoms with van der Waals surface area (Å²) in [5.41, 5.74) is 5.00. The van der Waals surface area contributed by atoms with Crippen LogP contribution in [0.3, 0.4) is 0 Å². The second kappa shape index (κ2) is 6.48. The zero-order valence-electron chi connectivity index (χ0n) is 15.1. The molecule has 3 aromatic rings. The SMILES string of the molecule is CC1=CC(=O)N(Nc2nc(-c3cccs3)nc3cc(N(C)C)ccc23)C1=O. The van der Waals surface area contributed by atoms with E-state index in [1.807, 2.05) is 54.7 Å². The first-order valence-electron chi connectivity index (χ1n) is 8.30. The molecule has 0 unspecified atom stereocenters. The van der Waals surface area contributed by atoms with Crippen molar-refractivity contribution >= 4 is 45.6 Å². The maximum atomic E-state index is 12.2. The quantitative estimate of drug-likeness (QED) is 0.702. The minimum Gasteiger partial charge on any atom is -0.378 e. The van der Waals surface area contributed by atoms with E-state index in [2.05, 4.69) is 15.4 Å². The van der Waals surface area contributed by atoms with Gasteiger partial charge in [-0.05, 0) is 36.6 Å². The molecule has 2 amide bonds. The molecule has 0 bridgehead atoms. The molecule has 1 aromatic carbocycles. The van der Waals surface area contributed by atoms with Crippen LogP contribution in [0, 0.1) is 0 Å². The highest BCUT2D eigenvalue weighted by Crippen LogP contribution is 2.30. The predicted molar refractivity (Wildman–Crippen MR) is 106 cm³/mol. The van der Waals surface area contributed by atoms with Gasteiger partial charge in [-0.3, -0.25) is 15.0 Å². The number of amides is 2. The molecule has 7 nitrogen and oxygen atoms in total.